The van der Waals surface area contributed by atoms with Crippen molar-refractivity contribution in [2.24, 2.45) is 5.92 Å². The maximum atomic E-state index is 5.79. The first kappa shape index (κ1) is 10.7. The van der Waals surface area contributed by atoms with E-state index >= 15 is 0 Å². The molecule has 0 bridgehead atoms. The molecule has 0 N–H and O–H groups in total. The summed E-state index contributed by atoms with van der Waals surface area (Å²) in [5.74, 6) is 2.23. The van der Waals surface area contributed by atoms with Crippen LogP contribution in [0.4, 0.5) is 0 Å². The van der Waals surface area contributed by atoms with E-state index < -0.39 is 0 Å². The highest BCUT2D eigenvalue weighted by Gasteiger charge is 2.01. The Kier molecular flexibility index (Phi) is 3.60. The fourth-order valence-electron chi connectivity index (χ4n) is 1.52. The zero-order valence-corrected chi connectivity index (χ0v) is 9.47. The molecule has 1 heteroatoms. The van der Waals surface area contributed by atoms with Crippen molar-refractivity contribution in [3.8, 4) is 0 Å². The minimum Gasteiger partial charge on any atom is -0.457 e. The summed E-state index contributed by atoms with van der Waals surface area (Å²) in [5.41, 5.74) is 0. The van der Waals surface area contributed by atoms with Gasteiger partial charge < -0.3 is 4.74 Å². The molecule has 0 aromatic carbocycles. The lowest BCUT2D eigenvalue weighted by atomic mass is 10.2. The second-order valence-corrected chi connectivity index (χ2v) is 3.91. The average Bonchev–Trinajstić information content (AvgIpc) is 2.63. The summed E-state index contributed by atoms with van der Waals surface area (Å²) in [5, 5.41) is 0. The number of allylic oxidation sites excluding steroid dienone is 10. The average molecular weight is 212 g/mol. The van der Waals surface area contributed by atoms with E-state index in [2.05, 4.69) is 31.2 Å². The number of ether oxygens (including phenoxy) is 1. The summed E-state index contributed by atoms with van der Waals surface area (Å²) in [6.45, 7) is 2.15. The smallest absolute Gasteiger partial charge is 0.127 e. The molecule has 0 spiro atoms. The van der Waals surface area contributed by atoms with Crippen LogP contribution in [0.1, 0.15) is 13.3 Å². The molecule has 0 aromatic heterocycles. The highest BCUT2D eigenvalue weighted by Crippen LogP contribution is 2.16. The predicted octanol–water partition coefficient (Wildman–Crippen LogP) is 4.05. The van der Waals surface area contributed by atoms with Crippen LogP contribution < -0.4 is 0 Å². The van der Waals surface area contributed by atoms with Gasteiger partial charge in [0.1, 0.15) is 11.5 Å². The molecule has 82 valence electrons. The number of rotatable bonds is 2. The van der Waals surface area contributed by atoms with Crippen LogP contribution in [0.3, 0.4) is 0 Å². The lowest BCUT2D eigenvalue weighted by Gasteiger charge is -2.05. The molecule has 2 rings (SSSR count). The van der Waals surface area contributed by atoms with Crippen LogP contribution in [0.2, 0.25) is 0 Å². The van der Waals surface area contributed by atoms with Crippen LogP contribution >= 0.6 is 0 Å². The van der Waals surface area contributed by atoms with Crippen molar-refractivity contribution in [3.05, 3.63) is 72.3 Å². The van der Waals surface area contributed by atoms with Crippen molar-refractivity contribution in [2.45, 2.75) is 13.3 Å². The minimum absolute atomic E-state index is 0.468. The molecule has 0 amide bonds. The fourth-order valence-corrected chi connectivity index (χ4v) is 1.52. The third-order valence-electron chi connectivity index (χ3n) is 2.43. The molecule has 1 nitrogen and oxygen atoms in total. The van der Waals surface area contributed by atoms with Crippen molar-refractivity contribution in [2.75, 3.05) is 0 Å². The van der Waals surface area contributed by atoms with E-state index in [-0.39, 0.29) is 0 Å². The Hall–Kier alpha value is -1.76. The lowest BCUT2D eigenvalue weighted by molar-refractivity contribution is 0.336. The van der Waals surface area contributed by atoms with Gasteiger partial charge in [-0.25, -0.2) is 0 Å². The molecular weight excluding hydrogens is 196 g/mol. The zero-order chi connectivity index (χ0) is 11.2. The van der Waals surface area contributed by atoms with Gasteiger partial charge in [0.15, 0.2) is 0 Å². The highest BCUT2D eigenvalue weighted by atomic mass is 16.5. The van der Waals surface area contributed by atoms with E-state index in [0.717, 1.165) is 17.9 Å². The quantitative estimate of drug-likeness (QED) is 0.671. The molecule has 2 aliphatic carbocycles. The van der Waals surface area contributed by atoms with Crippen molar-refractivity contribution < 1.29 is 4.74 Å². The Labute approximate surface area is 96.8 Å². The zero-order valence-electron chi connectivity index (χ0n) is 9.47. The summed E-state index contributed by atoms with van der Waals surface area (Å²) >= 11 is 0. The van der Waals surface area contributed by atoms with Crippen LogP contribution in [0, 0.1) is 5.92 Å². The molecule has 2 aliphatic rings. The normalized spacial score (nSPS) is 23.4. The van der Waals surface area contributed by atoms with E-state index in [1.807, 2.05) is 36.5 Å². The lowest BCUT2D eigenvalue weighted by Crippen LogP contribution is -1.88. The first-order valence-corrected chi connectivity index (χ1v) is 5.62. The van der Waals surface area contributed by atoms with Crippen molar-refractivity contribution >= 4 is 0 Å². The minimum atomic E-state index is 0.468. The highest BCUT2D eigenvalue weighted by molar-refractivity contribution is 5.29. The largest absolute Gasteiger partial charge is 0.457 e. The topological polar surface area (TPSA) is 9.23 Å². The molecule has 0 saturated heterocycles. The maximum absolute atomic E-state index is 5.79. The number of hydrogen-bond donors (Lipinski definition) is 0. The Morgan fingerprint density at radius 2 is 1.81 bits per heavy atom. The van der Waals surface area contributed by atoms with Crippen LogP contribution in [0.15, 0.2) is 72.3 Å². The van der Waals surface area contributed by atoms with Gasteiger partial charge in [0.05, 0.1) is 0 Å². The molecule has 0 radical (unpaired) electrons. The van der Waals surface area contributed by atoms with E-state index in [1.165, 1.54) is 0 Å². The molecule has 0 aliphatic heterocycles. The maximum Gasteiger partial charge on any atom is 0.127 e. The van der Waals surface area contributed by atoms with Gasteiger partial charge in [0, 0.05) is 0 Å². The summed E-state index contributed by atoms with van der Waals surface area (Å²) in [4.78, 5) is 0. The second-order valence-electron chi connectivity index (χ2n) is 3.91. The summed E-state index contributed by atoms with van der Waals surface area (Å²) in [7, 11) is 0. The summed E-state index contributed by atoms with van der Waals surface area (Å²) < 4.78 is 5.79. The van der Waals surface area contributed by atoms with Crippen molar-refractivity contribution in [1.82, 2.24) is 0 Å². The van der Waals surface area contributed by atoms with Crippen LogP contribution in [0.5, 0.6) is 0 Å². The predicted molar refractivity (Wildman–Crippen MR) is 67.6 cm³/mol. The van der Waals surface area contributed by atoms with E-state index in [9.17, 15) is 0 Å². The standard InChI is InChI=1S/C15H16O/c1-13-7-6-10-15(12-11-13)16-14-8-4-2-3-5-9-14/h2,4-13H,3H2,1H3/t13-/m1/s1. The SMILES string of the molecule is C[C@@H]1C=CC=C(OC2=CC=CCC=C2)C=C1. The van der Waals surface area contributed by atoms with E-state index in [1.54, 1.807) is 0 Å². The van der Waals surface area contributed by atoms with Gasteiger partial charge in [0.25, 0.3) is 0 Å². The fraction of sp³-hybridized carbons (Fsp3) is 0.200. The molecule has 0 fully saturated rings. The molecule has 0 unspecified atom stereocenters. The Morgan fingerprint density at radius 1 is 1.00 bits per heavy atom. The molecular formula is C15H16O. The van der Waals surface area contributed by atoms with E-state index in [0.29, 0.717) is 5.92 Å². The van der Waals surface area contributed by atoms with E-state index in [4.69, 9.17) is 4.74 Å². The van der Waals surface area contributed by atoms with Gasteiger partial charge in [-0.05, 0) is 36.6 Å². The van der Waals surface area contributed by atoms with Gasteiger partial charge in [-0.3, -0.25) is 0 Å². The number of hydrogen-bond acceptors (Lipinski definition) is 1. The Balaban J connectivity index is 2.07. The van der Waals surface area contributed by atoms with Crippen LogP contribution in [-0.2, 0) is 4.74 Å². The molecule has 0 saturated carbocycles. The molecule has 0 aromatic rings. The van der Waals surface area contributed by atoms with Crippen molar-refractivity contribution in [3.63, 3.8) is 0 Å². The Morgan fingerprint density at radius 3 is 2.75 bits per heavy atom. The molecule has 0 heterocycles. The third-order valence-corrected chi connectivity index (χ3v) is 2.43. The van der Waals surface area contributed by atoms with Gasteiger partial charge in [-0.2, -0.15) is 0 Å². The first-order valence-electron chi connectivity index (χ1n) is 5.62. The monoisotopic (exact) mass is 212 g/mol. The van der Waals surface area contributed by atoms with Gasteiger partial charge in [0.2, 0.25) is 0 Å². The summed E-state index contributed by atoms with van der Waals surface area (Å²) in [6.07, 6.45) is 21.5. The van der Waals surface area contributed by atoms with Crippen molar-refractivity contribution in [1.29, 1.82) is 0 Å². The Bertz CT molecular complexity index is 417. The van der Waals surface area contributed by atoms with Crippen LogP contribution in [-0.4, -0.2) is 0 Å². The molecule has 16 heavy (non-hydrogen) atoms. The van der Waals surface area contributed by atoms with Gasteiger partial charge in [-0.1, -0.05) is 43.4 Å². The summed E-state index contributed by atoms with van der Waals surface area (Å²) in [6, 6.07) is 0. The van der Waals surface area contributed by atoms with Crippen LogP contribution in [0.25, 0.3) is 0 Å². The van der Waals surface area contributed by atoms with Gasteiger partial charge in [-0.15, -0.1) is 0 Å². The first-order chi connectivity index (χ1) is 7.84. The second kappa shape index (κ2) is 5.36. The van der Waals surface area contributed by atoms with Gasteiger partial charge >= 0.3 is 0 Å². The third kappa shape index (κ3) is 3.13. The molecule has 1 atom stereocenters.